The zero-order valence-corrected chi connectivity index (χ0v) is 11.3. The lowest BCUT2D eigenvalue weighted by Crippen LogP contribution is -2.46. The van der Waals surface area contributed by atoms with E-state index in [1.54, 1.807) is 0 Å². The maximum absolute atomic E-state index is 3.66. The molecular formula is C16H22N2. The van der Waals surface area contributed by atoms with Crippen LogP contribution in [0.5, 0.6) is 0 Å². The molecule has 0 spiro atoms. The third-order valence-electron chi connectivity index (χ3n) is 4.10. The van der Waals surface area contributed by atoms with Gasteiger partial charge in [0, 0.05) is 23.1 Å². The number of hydrogen-bond acceptors (Lipinski definition) is 1. The Morgan fingerprint density at radius 1 is 1.28 bits per heavy atom. The molecule has 18 heavy (non-hydrogen) atoms. The van der Waals surface area contributed by atoms with Crippen molar-refractivity contribution in [2.24, 2.45) is 5.41 Å². The molecule has 2 aromatic rings. The van der Waals surface area contributed by atoms with Crippen LogP contribution in [-0.4, -0.2) is 17.6 Å². The monoisotopic (exact) mass is 242 g/mol. The van der Waals surface area contributed by atoms with Gasteiger partial charge in [0.05, 0.1) is 0 Å². The third-order valence-corrected chi connectivity index (χ3v) is 4.10. The highest BCUT2D eigenvalue weighted by Gasteiger charge is 2.35. The van der Waals surface area contributed by atoms with E-state index < -0.39 is 0 Å². The molecule has 1 aliphatic rings. The predicted molar refractivity (Wildman–Crippen MR) is 76.8 cm³/mol. The lowest BCUT2D eigenvalue weighted by atomic mass is 9.68. The van der Waals surface area contributed by atoms with Crippen LogP contribution in [0.1, 0.15) is 32.3 Å². The summed E-state index contributed by atoms with van der Waals surface area (Å²) in [6.45, 7) is 5.79. The van der Waals surface area contributed by atoms with Crippen LogP contribution in [0.15, 0.2) is 30.5 Å². The van der Waals surface area contributed by atoms with E-state index in [9.17, 15) is 0 Å². The predicted octanol–water partition coefficient (Wildman–Crippen LogP) is 3.49. The van der Waals surface area contributed by atoms with E-state index in [-0.39, 0.29) is 0 Å². The number of benzene rings is 1. The molecule has 0 amide bonds. The van der Waals surface area contributed by atoms with Gasteiger partial charge in [0.2, 0.25) is 0 Å². The Kier molecular flexibility index (Phi) is 2.90. The van der Waals surface area contributed by atoms with Crippen molar-refractivity contribution in [1.29, 1.82) is 0 Å². The molecule has 1 aromatic carbocycles. The SMILES string of the molecule is CC1(C)CC(NCCc2c[nH]c3ccccc23)C1. The summed E-state index contributed by atoms with van der Waals surface area (Å²) < 4.78 is 0. The Morgan fingerprint density at radius 3 is 2.83 bits per heavy atom. The molecule has 2 heteroatoms. The van der Waals surface area contributed by atoms with Crippen molar-refractivity contribution in [3.63, 3.8) is 0 Å². The van der Waals surface area contributed by atoms with Crippen LogP contribution >= 0.6 is 0 Å². The number of fused-ring (bicyclic) bond motifs is 1. The molecule has 2 N–H and O–H groups in total. The van der Waals surface area contributed by atoms with E-state index in [4.69, 9.17) is 0 Å². The molecule has 3 rings (SSSR count). The van der Waals surface area contributed by atoms with Crippen molar-refractivity contribution in [2.75, 3.05) is 6.54 Å². The maximum atomic E-state index is 3.66. The second-order valence-corrected chi connectivity index (χ2v) is 6.33. The molecule has 0 aliphatic heterocycles. The first-order chi connectivity index (χ1) is 8.64. The van der Waals surface area contributed by atoms with Gasteiger partial charge >= 0.3 is 0 Å². The lowest BCUT2D eigenvalue weighted by molar-refractivity contribution is 0.127. The van der Waals surface area contributed by atoms with E-state index in [2.05, 4.69) is 54.6 Å². The Hall–Kier alpha value is -1.28. The summed E-state index contributed by atoms with van der Waals surface area (Å²) in [6, 6.07) is 9.28. The normalized spacial score (nSPS) is 19.0. The van der Waals surface area contributed by atoms with Gasteiger partial charge in [0.25, 0.3) is 0 Å². The Morgan fingerprint density at radius 2 is 2.06 bits per heavy atom. The van der Waals surface area contributed by atoms with Crippen molar-refractivity contribution in [3.05, 3.63) is 36.0 Å². The zero-order chi connectivity index (χ0) is 12.6. The highest BCUT2D eigenvalue weighted by atomic mass is 14.9. The van der Waals surface area contributed by atoms with Gasteiger partial charge in [-0.3, -0.25) is 0 Å². The van der Waals surface area contributed by atoms with Crippen molar-refractivity contribution in [3.8, 4) is 0 Å². The summed E-state index contributed by atoms with van der Waals surface area (Å²) in [7, 11) is 0. The molecule has 1 saturated carbocycles. The second-order valence-electron chi connectivity index (χ2n) is 6.33. The Balaban J connectivity index is 1.54. The van der Waals surface area contributed by atoms with Crippen LogP contribution in [0.2, 0.25) is 0 Å². The first-order valence-corrected chi connectivity index (χ1v) is 6.92. The number of hydrogen-bond donors (Lipinski definition) is 2. The first kappa shape index (κ1) is 11.8. The van der Waals surface area contributed by atoms with Crippen LogP contribution in [0.3, 0.4) is 0 Å². The van der Waals surface area contributed by atoms with Gasteiger partial charge in [-0.1, -0.05) is 32.0 Å². The molecule has 0 radical (unpaired) electrons. The fourth-order valence-electron chi connectivity index (χ4n) is 3.17. The number of aromatic amines is 1. The van der Waals surface area contributed by atoms with E-state index >= 15 is 0 Å². The molecule has 1 aromatic heterocycles. The number of nitrogens with one attached hydrogen (secondary N) is 2. The minimum atomic E-state index is 0.568. The van der Waals surface area contributed by atoms with Crippen LogP contribution in [0, 0.1) is 5.41 Å². The lowest BCUT2D eigenvalue weighted by Gasteiger charge is -2.43. The van der Waals surface area contributed by atoms with Crippen LogP contribution in [-0.2, 0) is 6.42 Å². The van der Waals surface area contributed by atoms with Crippen molar-refractivity contribution < 1.29 is 0 Å². The first-order valence-electron chi connectivity index (χ1n) is 6.92. The highest BCUT2D eigenvalue weighted by Crippen LogP contribution is 2.39. The fraction of sp³-hybridized carbons (Fsp3) is 0.500. The molecule has 0 unspecified atom stereocenters. The van der Waals surface area contributed by atoms with Gasteiger partial charge in [0.1, 0.15) is 0 Å². The second kappa shape index (κ2) is 4.43. The topological polar surface area (TPSA) is 27.8 Å². The number of aromatic nitrogens is 1. The fourth-order valence-corrected chi connectivity index (χ4v) is 3.17. The maximum Gasteiger partial charge on any atom is 0.0456 e. The molecule has 0 bridgehead atoms. The Bertz CT molecular complexity index is 531. The zero-order valence-electron chi connectivity index (χ0n) is 11.3. The van der Waals surface area contributed by atoms with E-state index in [1.807, 2.05) is 0 Å². The molecule has 0 saturated heterocycles. The van der Waals surface area contributed by atoms with Crippen molar-refractivity contribution in [1.82, 2.24) is 10.3 Å². The molecule has 1 heterocycles. The largest absolute Gasteiger partial charge is 0.361 e. The number of H-pyrrole nitrogens is 1. The summed E-state index contributed by atoms with van der Waals surface area (Å²) in [5.41, 5.74) is 3.24. The average Bonchev–Trinajstić information content (AvgIpc) is 2.70. The summed E-state index contributed by atoms with van der Waals surface area (Å²) in [6.07, 6.45) is 5.90. The van der Waals surface area contributed by atoms with Crippen molar-refractivity contribution >= 4 is 10.9 Å². The summed E-state index contributed by atoms with van der Waals surface area (Å²) in [4.78, 5) is 3.34. The minimum Gasteiger partial charge on any atom is -0.361 e. The Labute approximate surface area is 109 Å². The van der Waals surface area contributed by atoms with Crippen molar-refractivity contribution in [2.45, 2.75) is 39.2 Å². The van der Waals surface area contributed by atoms with E-state index in [0.29, 0.717) is 5.41 Å². The molecule has 1 fully saturated rings. The third kappa shape index (κ3) is 2.30. The van der Waals surface area contributed by atoms with Crippen LogP contribution in [0.4, 0.5) is 0 Å². The van der Waals surface area contributed by atoms with Gasteiger partial charge in [-0.25, -0.2) is 0 Å². The van der Waals surface area contributed by atoms with Gasteiger partial charge in [0.15, 0.2) is 0 Å². The molecule has 1 aliphatic carbocycles. The quantitative estimate of drug-likeness (QED) is 0.844. The summed E-state index contributed by atoms with van der Waals surface area (Å²) in [5, 5.41) is 5.03. The average molecular weight is 242 g/mol. The standard InChI is InChI=1S/C16H22N2/c1-16(2)9-13(10-16)17-8-7-12-11-18-15-6-4-3-5-14(12)15/h3-6,11,13,17-18H,7-10H2,1-2H3. The summed E-state index contributed by atoms with van der Waals surface area (Å²) >= 11 is 0. The number of para-hydroxylation sites is 1. The van der Waals surface area contributed by atoms with Gasteiger partial charge in [-0.2, -0.15) is 0 Å². The highest BCUT2D eigenvalue weighted by molar-refractivity contribution is 5.83. The van der Waals surface area contributed by atoms with Gasteiger partial charge < -0.3 is 10.3 Å². The smallest absolute Gasteiger partial charge is 0.0456 e. The van der Waals surface area contributed by atoms with E-state index in [1.165, 1.54) is 29.3 Å². The summed E-state index contributed by atoms with van der Waals surface area (Å²) in [5.74, 6) is 0. The van der Waals surface area contributed by atoms with Gasteiger partial charge in [-0.05, 0) is 42.9 Å². The number of rotatable bonds is 4. The van der Waals surface area contributed by atoms with Gasteiger partial charge in [-0.15, -0.1) is 0 Å². The van der Waals surface area contributed by atoms with E-state index in [0.717, 1.165) is 19.0 Å². The molecule has 0 atom stereocenters. The molecular weight excluding hydrogens is 220 g/mol. The minimum absolute atomic E-state index is 0.568. The van der Waals surface area contributed by atoms with Crippen LogP contribution < -0.4 is 5.32 Å². The molecule has 2 nitrogen and oxygen atoms in total. The molecule has 96 valence electrons. The van der Waals surface area contributed by atoms with Crippen LogP contribution in [0.25, 0.3) is 10.9 Å².